The number of hydrogen-bond donors (Lipinski definition) is 3. The number of hydrogen-bond acceptors (Lipinski definition) is 3. The van der Waals surface area contributed by atoms with Gasteiger partial charge in [0.05, 0.1) is 12.6 Å². The zero-order valence-electron chi connectivity index (χ0n) is 8.36. The van der Waals surface area contributed by atoms with Gasteiger partial charge in [-0.25, -0.2) is 0 Å². The molecule has 0 aliphatic heterocycles. The van der Waals surface area contributed by atoms with E-state index in [4.69, 9.17) is 15.9 Å². The fraction of sp³-hybridized carbons (Fsp3) is 0.778. The summed E-state index contributed by atoms with van der Waals surface area (Å²) in [4.78, 5) is 21.0. The molecule has 15 heavy (non-hydrogen) atoms. The zero-order chi connectivity index (χ0) is 11.8. The Balaban J connectivity index is 3.95. The summed E-state index contributed by atoms with van der Waals surface area (Å²) in [6.07, 6.45) is 0.666. The highest BCUT2D eigenvalue weighted by molar-refractivity contribution is 5.73. The first-order chi connectivity index (χ1) is 6.99. The van der Waals surface area contributed by atoms with Crippen molar-refractivity contribution in [2.75, 3.05) is 6.67 Å². The van der Waals surface area contributed by atoms with Gasteiger partial charge in [-0.1, -0.05) is 0 Å². The van der Waals surface area contributed by atoms with Crippen LogP contribution in [0, 0.1) is 5.92 Å². The number of aliphatic carboxylic acids is 2. The van der Waals surface area contributed by atoms with E-state index in [1.807, 2.05) is 0 Å². The van der Waals surface area contributed by atoms with Gasteiger partial charge in [-0.2, -0.15) is 0 Å². The van der Waals surface area contributed by atoms with Gasteiger partial charge in [0.2, 0.25) is 0 Å². The van der Waals surface area contributed by atoms with E-state index < -0.39 is 30.6 Å². The first-order valence-electron chi connectivity index (χ1n) is 4.76. The molecule has 6 heteroatoms. The Bertz CT molecular complexity index is 222. The third-order valence-corrected chi connectivity index (χ3v) is 2.18. The van der Waals surface area contributed by atoms with Gasteiger partial charge in [-0.05, 0) is 25.7 Å². The van der Waals surface area contributed by atoms with Crippen LogP contribution in [0.3, 0.4) is 0 Å². The first-order valence-corrected chi connectivity index (χ1v) is 4.76. The Morgan fingerprint density at radius 1 is 1.13 bits per heavy atom. The Morgan fingerprint density at radius 3 is 2.13 bits per heavy atom. The lowest BCUT2D eigenvalue weighted by atomic mass is 9.96. The molecule has 0 aliphatic rings. The molecule has 0 amide bonds. The maximum Gasteiger partial charge on any atom is 0.320 e. The van der Waals surface area contributed by atoms with E-state index in [9.17, 15) is 14.0 Å². The van der Waals surface area contributed by atoms with Gasteiger partial charge < -0.3 is 15.9 Å². The van der Waals surface area contributed by atoms with Crippen molar-refractivity contribution in [1.29, 1.82) is 0 Å². The minimum Gasteiger partial charge on any atom is -0.481 e. The average molecular weight is 221 g/mol. The van der Waals surface area contributed by atoms with Gasteiger partial charge in [0.1, 0.15) is 6.04 Å². The molecule has 0 rings (SSSR count). The second kappa shape index (κ2) is 7.17. The molecule has 0 aromatic rings. The Morgan fingerprint density at radius 2 is 1.73 bits per heavy atom. The predicted molar refractivity (Wildman–Crippen MR) is 51.2 cm³/mol. The van der Waals surface area contributed by atoms with Gasteiger partial charge >= 0.3 is 11.9 Å². The summed E-state index contributed by atoms with van der Waals surface area (Å²) in [6, 6.07) is -1.04. The lowest BCUT2D eigenvalue weighted by Gasteiger charge is -2.12. The highest BCUT2D eigenvalue weighted by Gasteiger charge is 2.20. The molecule has 0 heterocycles. The summed E-state index contributed by atoms with van der Waals surface area (Å²) in [7, 11) is 0. The van der Waals surface area contributed by atoms with Crippen molar-refractivity contribution in [2.24, 2.45) is 11.7 Å². The van der Waals surface area contributed by atoms with Crippen LogP contribution < -0.4 is 5.73 Å². The summed E-state index contributed by atoms with van der Waals surface area (Å²) >= 11 is 0. The van der Waals surface area contributed by atoms with Crippen molar-refractivity contribution in [3.8, 4) is 0 Å². The second-order valence-corrected chi connectivity index (χ2v) is 3.39. The van der Waals surface area contributed by atoms with E-state index in [2.05, 4.69) is 0 Å². The second-order valence-electron chi connectivity index (χ2n) is 3.39. The molecule has 0 aromatic heterocycles. The fourth-order valence-corrected chi connectivity index (χ4v) is 1.22. The van der Waals surface area contributed by atoms with Crippen LogP contribution in [0.2, 0.25) is 0 Å². The topological polar surface area (TPSA) is 101 Å². The largest absolute Gasteiger partial charge is 0.481 e. The molecule has 0 saturated heterocycles. The minimum atomic E-state index is -1.15. The quantitative estimate of drug-likeness (QED) is 0.558. The van der Waals surface area contributed by atoms with Crippen molar-refractivity contribution in [2.45, 2.75) is 31.7 Å². The van der Waals surface area contributed by atoms with Gasteiger partial charge in [-0.15, -0.1) is 0 Å². The number of alkyl halides is 1. The molecule has 2 unspecified atom stereocenters. The van der Waals surface area contributed by atoms with E-state index in [0.29, 0.717) is 0 Å². The molecule has 0 spiro atoms. The molecule has 5 nitrogen and oxygen atoms in total. The van der Waals surface area contributed by atoms with Crippen LogP contribution in [-0.4, -0.2) is 34.9 Å². The summed E-state index contributed by atoms with van der Waals surface area (Å²) in [5.74, 6) is -2.88. The van der Waals surface area contributed by atoms with Crippen LogP contribution in [0.25, 0.3) is 0 Å². The number of nitrogens with two attached hydrogens (primary N) is 1. The number of carboxylic acids is 2. The average Bonchev–Trinajstić information content (AvgIpc) is 2.16. The predicted octanol–water partition coefficient (Wildman–Crippen LogP) is 0.629. The van der Waals surface area contributed by atoms with Crippen molar-refractivity contribution in [1.82, 2.24) is 0 Å². The highest BCUT2D eigenvalue weighted by Crippen LogP contribution is 2.15. The van der Waals surface area contributed by atoms with E-state index in [1.165, 1.54) is 0 Å². The minimum absolute atomic E-state index is 0.0958. The van der Waals surface area contributed by atoms with Crippen molar-refractivity contribution in [3.05, 3.63) is 0 Å². The monoisotopic (exact) mass is 221 g/mol. The number of rotatable bonds is 8. The number of halogens is 1. The third-order valence-electron chi connectivity index (χ3n) is 2.18. The lowest BCUT2D eigenvalue weighted by molar-refractivity contribution is -0.143. The van der Waals surface area contributed by atoms with E-state index in [0.717, 1.165) is 0 Å². The maximum absolute atomic E-state index is 11.8. The molecule has 4 N–H and O–H groups in total. The van der Waals surface area contributed by atoms with Crippen LogP contribution in [0.1, 0.15) is 25.7 Å². The maximum atomic E-state index is 11.8. The summed E-state index contributed by atoms with van der Waals surface area (Å²) in [6.45, 7) is -0.561. The molecule has 0 aliphatic carbocycles. The van der Waals surface area contributed by atoms with E-state index in [-0.39, 0.29) is 25.7 Å². The van der Waals surface area contributed by atoms with Crippen LogP contribution >= 0.6 is 0 Å². The molecular weight excluding hydrogens is 205 g/mol. The smallest absolute Gasteiger partial charge is 0.320 e. The summed E-state index contributed by atoms with van der Waals surface area (Å²) in [5.41, 5.74) is 5.23. The molecule has 2 atom stereocenters. The van der Waals surface area contributed by atoms with Crippen LogP contribution in [0.5, 0.6) is 0 Å². The van der Waals surface area contributed by atoms with Gasteiger partial charge in [0.25, 0.3) is 0 Å². The highest BCUT2D eigenvalue weighted by atomic mass is 19.1. The van der Waals surface area contributed by atoms with Crippen LogP contribution in [-0.2, 0) is 9.59 Å². The number of carbonyl (C=O) groups is 2. The molecule has 0 radical (unpaired) electrons. The van der Waals surface area contributed by atoms with Crippen LogP contribution in [0.15, 0.2) is 0 Å². The summed E-state index contributed by atoms with van der Waals surface area (Å²) < 4.78 is 11.8. The number of carboxylic acid groups (broad SMARTS) is 2. The molecule has 0 fully saturated rings. The van der Waals surface area contributed by atoms with Gasteiger partial charge in [0, 0.05) is 0 Å². The van der Waals surface area contributed by atoms with Gasteiger partial charge in [-0.3, -0.25) is 14.0 Å². The standard InChI is InChI=1S/C9H16FNO4/c10-5-1-2-6(8(12)13)3-4-7(11)9(14)15/h6-7H,1-5,11H2,(H,12,13)(H,14,15). The van der Waals surface area contributed by atoms with Gasteiger partial charge in [0.15, 0.2) is 0 Å². The molecular formula is C9H16FNO4. The van der Waals surface area contributed by atoms with Crippen molar-refractivity contribution in [3.63, 3.8) is 0 Å². The van der Waals surface area contributed by atoms with Crippen LogP contribution in [0.4, 0.5) is 4.39 Å². The molecule has 0 bridgehead atoms. The zero-order valence-corrected chi connectivity index (χ0v) is 8.36. The normalized spacial score (nSPS) is 14.5. The van der Waals surface area contributed by atoms with E-state index >= 15 is 0 Å². The molecule has 88 valence electrons. The van der Waals surface area contributed by atoms with Crippen molar-refractivity contribution < 1.29 is 24.2 Å². The summed E-state index contributed by atoms with van der Waals surface area (Å²) in [5, 5.41) is 17.2. The Hall–Kier alpha value is -1.17. The first kappa shape index (κ1) is 13.8. The Labute approximate surface area is 87.1 Å². The lowest BCUT2D eigenvalue weighted by Crippen LogP contribution is -2.31. The molecule has 0 aromatic carbocycles. The van der Waals surface area contributed by atoms with E-state index in [1.54, 1.807) is 0 Å². The molecule has 0 saturated carbocycles. The fourth-order valence-electron chi connectivity index (χ4n) is 1.22. The third kappa shape index (κ3) is 6.01. The SMILES string of the molecule is NC(CCC(CCCF)C(=O)O)C(=O)O. The van der Waals surface area contributed by atoms with Crippen molar-refractivity contribution >= 4 is 11.9 Å². The Kier molecular flexibility index (Phi) is 6.61.